The Bertz CT molecular complexity index is 535. The van der Waals surface area contributed by atoms with Crippen LogP contribution < -0.4 is 5.32 Å². The molecule has 0 bridgehead atoms. The van der Waals surface area contributed by atoms with Crippen molar-refractivity contribution < 1.29 is 14.1 Å². The molecule has 0 saturated carbocycles. The van der Waals surface area contributed by atoms with E-state index in [2.05, 4.69) is 19.7 Å². The van der Waals surface area contributed by atoms with Gasteiger partial charge in [-0.25, -0.2) is 9.97 Å². The van der Waals surface area contributed by atoms with Gasteiger partial charge in [0.1, 0.15) is 18.3 Å². The Balaban J connectivity index is 2.09. The van der Waals surface area contributed by atoms with Gasteiger partial charge in [0.25, 0.3) is 11.6 Å². The summed E-state index contributed by atoms with van der Waals surface area (Å²) in [7, 11) is 0. The minimum absolute atomic E-state index is 0.102. The van der Waals surface area contributed by atoms with Crippen LogP contribution in [0.1, 0.15) is 10.5 Å². The van der Waals surface area contributed by atoms with Crippen molar-refractivity contribution in [3.8, 4) is 0 Å². The molecule has 1 N–H and O–H groups in total. The lowest BCUT2D eigenvalue weighted by molar-refractivity contribution is -0.385. The third-order valence-corrected chi connectivity index (χ3v) is 1.87. The van der Waals surface area contributed by atoms with Crippen LogP contribution in [0.2, 0.25) is 0 Å². The second-order valence-corrected chi connectivity index (χ2v) is 2.99. The lowest BCUT2D eigenvalue weighted by atomic mass is 10.4. The van der Waals surface area contributed by atoms with Crippen molar-refractivity contribution in [2.75, 3.05) is 5.32 Å². The van der Waals surface area contributed by atoms with E-state index in [4.69, 9.17) is 0 Å². The van der Waals surface area contributed by atoms with E-state index in [-0.39, 0.29) is 17.2 Å². The second-order valence-electron chi connectivity index (χ2n) is 2.99. The first-order chi connectivity index (χ1) is 8.16. The smallest absolute Gasteiger partial charge is 0.287 e. The lowest BCUT2D eigenvalue weighted by Crippen LogP contribution is -2.13. The molecule has 2 heterocycles. The fourth-order valence-corrected chi connectivity index (χ4v) is 1.07. The third-order valence-electron chi connectivity index (χ3n) is 1.87. The molecule has 2 aromatic rings. The molecule has 0 aliphatic carbocycles. The maximum absolute atomic E-state index is 11.5. The van der Waals surface area contributed by atoms with Crippen molar-refractivity contribution in [1.82, 2.24) is 9.97 Å². The third kappa shape index (κ3) is 2.43. The average molecular weight is 234 g/mol. The van der Waals surface area contributed by atoms with Crippen LogP contribution in [-0.4, -0.2) is 20.8 Å². The highest BCUT2D eigenvalue weighted by Crippen LogP contribution is 2.12. The van der Waals surface area contributed by atoms with Crippen LogP contribution in [0.5, 0.6) is 0 Å². The molecule has 17 heavy (non-hydrogen) atoms. The van der Waals surface area contributed by atoms with Gasteiger partial charge in [-0.15, -0.1) is 0 Å². The number of aromatic nitrogens is 2. The molecule has 0 aromatic carbocycles. The molecule has 0 aliphatic rings. The van der Waals surface area contributed by atoms with E-state index in [9.17, 15) is 14.9 Å². The number of carbonyl (C=O) groups is 1. The Morgan fingerprint density at radius 1 is 1.41 bits per heavy atom. The number of nitrogens with zero attached hydrogens (tertiary/aromatic N) is 3. The fourth-order valence-electron chi connectivity index (χ4n) is 1.07. The Labute approximate surface area is 94.5 Å². The second kappa shape index (κ2) is 4.39. The number of hydrogen-bond donors (Lipinski definition) is 1. The van der Waals surface area contributed by atoms with E-state index >= 15 is 0 Å². The molecule has 0 aliphatic heterocycles. The summed E-state index contributed by atoms with van der Waals surface area (Å²) in [6.07, 6.45) is 3.36. The largest absolute Gasteiger partial charge is 0.451 e. The highest BCUT2D eigenvalue weighted by atomic mass is 16.6. The van der Waals surface area contributed by atoms with Crippen molar-refractivity contribution in [1.29, 1.82) is 0 Å². The molecule has 0 atom stereocenters. The van der Waals surface area contributed by atoms with Crippen molar-refractivity contribution in [3.63, 3.8) is 0 Å². The Kier molecular flexibility index (Phi) is 2.77. The molecule has 86 valence electrons. The van der Waals surface area contributed by atoms with E-state index in [1.54, 1.807) is 0 Å². The molecule has 0 saturated heterocycles. The minimum atomic E-state index is -0.573. The Morgan fingerprint density at radius 2 is 2.24 bits per heavy atom. The number of oxazole rings is 1. The SMILES string of the molecule is O=C(Nc1ccc([N+](=O)[O-])cn1)c1cocn1. The van der Waals surface area contributed by atoms with E-state index in [1.807, 2.05) is 0 Å². The number of nitro groups is 1. The highest BCUT2D eigenvalue weighted by Gasteiger charge is 2.11. The molecule has 8 nitrogen and oxygen atoms in total. The van der Waals surface area contributed by atoms with E-state index in [0.717, 1.165) is 12.6 Å². The van der Waals surface area contributed by atoms with Gasteiger partial charge >= 0.3 is 0 Å². The summed E-state index contributed by atoms with van der Waals surface area (Å²) in [5, 5.41) is 12.8. The van der Waals surface area contributed by atoms with Crippen LogP contribution >= 0.6 is 0 Å². The maximum Gasteiger partial charge on any atom is 0.287 e. The van der Waals surface area contributed by atoms with Gasteiger partial charge in [-0.3, -0.25) is 14.9 Å². The molecule has 0 spiro atoms. The normalized spacial score (nSPS) is 9.88. The van der Waals surface area contributed by atoms with Gasteiger partial charge in [-0.2, -0.15) is 0 Å². The minimum Gasteiger partial charge on any atom is -0.451 e. The number of rotatable bonds is 3. The van der Waals surface area contributed by atoms with Gasteiger partial charge in [0.05, 0.1) is 4.92 Å². The first-order valence-electron chi connectivity index (χ1n) is 4.47. The number of nitrogens with one attached hydrogen (secondary N) is 1. The van der Waals surface area contributed by atoms with E-state index < -0.39 is 10.8 Å². The summed E-state index contributed by atoms with van der Waals surface area (Å²) in [6, 6.07) is 2.57. The molecule has 0 unspecified atom stereocenters. The van der Waals surface area contributed by atoms with E-state index in [1.165, 1.54) is 18.4 Å². The predicted octanol–water partition coefficient (Wildman–Crippen LogP) is 1.23. The van der Waals surface area contributed by atoms with Gasteiger partial charge < -0.3 is 9.73 Å². The molecule has 2 aromatic heterocycles. The van der Waals surface area contributed by atoms with Crippen molar-refractivity contribution in [2.45, 2.75) is 0 Å². The summed E-state index contributed by atoms with van der Waals surface area (Å²) < 4.78 is 4.64. The number of amides is 1. The number of carbonyl (C=O) groups excluding carboxylic acids is 1. The number of hydrogen-bond acceptors (Lipinski definition) is 6. The molecule has 1 amide bonds. The van der Waals surface area contributed by atoms with Gasteiger partial charge in [0, 0.05) is 6.07 Å². The van der Waals surface area contributed by atoms with Crippen LogP contribution in [0.25, 0.3) is 0 Å². The molecule has 8 heteroatoms. The standard InChI is InChI=1S/C9H6N4O4/c14-9(7-4-17-5-11-7)12-8-2-1-6(3-10-8)13(15)16/h1-5H,(H,10,12,14). The van der Waals surface area contributed by atoms with Crippen molar-refractivity contribution in [3.05, 3.63) is 46.8 Å². The summed E-state index contributed by atoms with van der Waals surface area (Å²) in [5.41, 5.74) is -0.0467. The Hall–Kier alpha value is -2.77. The van der Waals surface area contributed by atoms with E-state index in [0.29, 0.717) is 0 Å². The summed E-state index contributed by atoms with van der Waals surface area (Å²) in [6.45, 7) is 0. The molecule has 0 fully saturated rings. The average Bonchev–Trinajstić information content (AvgIpc) is 2.83. The molecular weight excluding hydrogens is 228 g/mol. The number of pyridine rings is 1. The highest BCUT2D eigenvalue weighted by molar-refractivity contribution is 6.01. The van der Waals surface area contributed by atoms with Gasteiger partial charge in [-0.05, 0) is 6.07 Å². The summed E-state index contributed by atoms with van der Waals surface area (Å²) in [5.74, 6) is -0.302. The zero-order valence-corrected chi connectivity index (χ0v) is 8.36. The van der Waals surface area contributed by atoms with Crippen LogP contribution in [0.4, 0.5) is 11.5 Å². The Morgan fingerprint density at radius 3 is 2.76 bits per heavy atom. The topological polar surface area (TPSA) is 111 Å². The summed E-state index contributed by atoms with van der Waals surface area (Å²) >= 11 is 0. The molecule has 2 rings (SSSR count). The van der Waals surface area contributed by atoms with Crippen molar-refractivity contribution >= 4 is 17.4 Å². The quantitative estimate of drug-likeness (QED) is 0.631. The van der Waals surface area contributed by atoms with Crippen molar-refractivity contribution in [2.24, 2.45) is 0 Å². The van der Waals surface area contributed by atoms with Gasteiger partial charge in [0.15, 0.2) is 12.1 Å². The lowest BCUT2D eigenvalue weighted by Gasteiger charge is -2.00. The van der Waals surface area contributed by atoms with Gasteiger partial charge in [-0.1, -0.05) is 0 Å². The zero-order valence-electron chi connectivity index (χ0n) is 8.36. The summed E-state index contributed by atoms with van der Waals surface area (Å²) in [4.78, 5) is 28.7. The van der Waals surface area contributed by atoms with Crippen LogP contribution in [0.15, 0.2) is 35.4 Å². The fraction of sp³-hybridized carbons (Fsp3) is 0. The molecule has 0 radical (unpaired) electrons. The first kappa shape index (κ1) is 10.7. The molecular formula is C9H6N4O4. The predicted molar refractivity (Wildman–Crippen MR) is 55.3 cm³/mol. The number of anilines is 1. The van der Waals surface area contributed by atoms with Crippen LogP contribution in [0, 0.1) is 10.1 Å². The zero-order chi connectivity index (χ0) is 12.3. The first-order valence-corrected chi connectivity index (χ1v) is 4.47. The van der Waals surface area contributed by atoms with Crippen LogP contribution in [-0.2, 0) is 0 Å². The van der Waals surface area contributed by atoms with Gasteiger partial charge in [0.2, 0.25) is 0 Å². The van der Waals surface area contributed by atoms with Crippen LogP contribution in [0.3, 0.4) is 0 Å². The maximum atomic E-state index is 11.5. The monoisotopic (exact) mass is 234 g/mol.